The van der Waals surface area contributed by atoms with Gasteiger partial charge >= 0.3 is 0 Å². The first kappa shape index (κ1) is 16.4. The maximum absolute atomic E-state index is 12.8. The summed E-state index contributed by atoms with van der Waals surface area (Å²) >= 11 is 0. The van der Waals surface area contributed by atoms with Gasteiger partial charge in [-0.15, -0.1) is 0 Å². The van der Waals surface area contributed by atoms with E-state index < -0.39 is 5.60 Å². The number of carbonyl (C=O) groups is 1. The molecule has 0 aliphatic heterocycles. The van der Waals surface area contributed by atoms with Gasteiger partial charge < -0.3 is 10.0 Å². The van der Waals surface area contributed by atoms with Crippen molar-refractivity contribution in [1.29, 1.82) is 0 Å². The van der Waals surface area contributed by atoms with Gasteiger partial charge in [-0.1, -0.05) is 60.7 Å². The third kappa shape index (κ3) is 3.62. The number of benzene rings is 2. The van der Waals surface area contributed by atoms with Crippen molar-refractivity contribution in [3.05, 3.63) is 71.8 Å². The Morgan fingerprint density at radius 2 is 1.41 bits per heavy atom. The lowest BCUT2D eigenvalue weighted by Gasteiger charge is -2.28. The van der Waals surface area contributed by atoms with Crippen LogP contribution in [0.1, 0.15) is 24.0 Å². The molecule has 0 heterocycles. The summed E-state index contributed by atoms with van der Waals surface area (Å²) in [4.78, 5) is 14.8. The van der Waals surface area contributed by atoms with Crippen LogP contribution in [0.5, 0.6) is 0 Å². The maximum atomic E-state index is 12.8. The molecular weight excluding hydrogens is 274 g/mol. The van der Waals surface area contributed by atoms with Crippen LogP contribution in [-0.4, -0.2) is 36.4 Å². The largest absolute Gasteiger partial charge is 0.373 e. The standard InChI is InChI=1S/C19H23NO2/c1-20(2)15-9-14-18(21)19(22,16-10-5-3-6-11-16)17-12-7-4-8-13-17/h3-8,10-13,22H,9,14-15H2,1-2H3. The Bertz CT molecular complexity index is 554. The van der Waals surface area contributed by atoms with E-state index in [-0.39, 0.29) is 5.78 Å². The molecule has 0 saturated heterocycles. The number of aliphatic hydroxyl groups is 1. The first-order chi connectivity index (χ1) is 10.5. The van der Waals surface area contributed by atoms with E-state index in [9.17, 15) is 9.90 Å². The monoisotopic (exact) mass is 297 g/mol. The molecule has 2 aromatic carbocycles. The zero-order chi connectivity index (χ0) is 16.0. The van der Waals surface area contributed by atoms with Gasteiger partial charge in [0, 0.05) is 6.42 Å². The highest BCUT2D eigenvalue weighted by atomic mass is 16.3. The minimum atomic E-state index is -1.57. The van der Waals surface area contributed by atoms with Gasteiger partial charge in [0.1, 0.15) is 0 Å². The highest BCUT2D eigenvalue weighted by Gasteiger charge is 2.38. The fraction of sp³-hybridized carbons (Fsp3) is 0.316. The Kier molecular flexibility index (Phi) is 5.47. The normalized spacial score (nSPS) is 11.6. The van der Waals surface area contributed by atoms with Crippen LogP contribution >= 0.6 is 0 Å². The second-order valence-electron chi connectivity index (χ2n) is 5.77. The van der Waals surface area contributed by atoms with Crippen LogP contribution in [0, 0.1) is 0 Å². The molecule has 0 spiro atoms. The summed E-state index contributed by atoms with van der Waals surface area (Å²) in [5.41, 5.74) is -0.332. The third-order valence-corrected chi connectivity index (χ3v) is 3.80. The number of hydrogen-bond donors (Lipinski definition) is 1. The molecule has 22 heavy (non-hydrogen) atoms. The van der Waals surface area contributed by atoms with Gasteiger partial charge in [0.15, 0.2) is 11.4 Å². The van der Waals surface area contributed by atoms with Crippen molar-refractivity contribution in [3.8, 4) is 0 Å². The molecule has 0 atom stereocenters. The molecule has 116 valence electrons. The van der Waals surface area contributed by atoms with E-state index in [1.54, 1.807) is 24.3 Å². The summed E-state index contributed by atoms with van der Waals surface area (Å²) in [5, 5.41) is 11.2. The summed E-state index contributed by atoms with van der Waals surface area (Å²) in [6.45, 7) is 0.825. The lowest BCUT2D eigenvalue weighted by atomic mass is 9.81. The number of ketones is 1. The maximum Gasteiger partial charge on any atom is 0.173 e. The first-order valence-electron chi connectivity index (χ1n) is 7.56. The predicted octanol–water partition coefficient (Wildman–Crippen LogP) is 2.83. The van der Waals surface area contributed by atoms with Crippen molar-refractivity contribution in [2.24, 2.45) is 0 Å². The van der Waals surface area contributed by atoms with Gasteiger partial charge in [-0.3, -0.25) is 4.79 Å². The van der Waals surface area contributed by atoms with E-state index in [0.29, 0.717) is 17.5 Å². The number of rotatable bonds is 7. The number of nitrogens with zero attached hydrogens (tertiary/aromatic N) is 1. The Morgan fingerprint density at radius 3 is 1.82 bits per heavy atom. The lowest BCUT2D eigenvalue weighted by molar-refractivity contribution is -0.134. The topological polar surface area (TPSA) is 40.5 Å². The minimum Gasteiger partial charge on any atom is -0.373 e. The molecule has 2 rings (SSSR count). The second-order valence-corrected chi connectivity index (χ2v) is 5.77. The van der Waals surface area contributed by atoms with E-state index in [2.05, 4.69) is 0 Å². The third-order valence-electron chi connectivity index (χ3n) is 3.80. The molecule has 0 aliphatic rings. The Balaban J connectivity index is 2.32. The van der Waals surface area contributed by atoms with Crippen LogP contribution in [-0.2, 0) is 10.4 Å². The van der Waals surface area contributed by atoms with Gasteiger partial charge in [-0.05, 0) is 38.2 Å². The van der Waals surface area contributed by atoms with Crippen molar-refractivity contribution >= 4 is 5.78 Å². The molecule has 0 aromatic heterocycles. The van der Waals surface area contributed by atoms with Crippen LogP contribution in [0.4, 0.5) is 0 Å². The number of carbonyl (C=O) groups excluding carboxylic acids is 1. The van der Waals surface area contributed by atoms with Crippen molar-refractivity contribution in [2.45, 2.75) is 18.4 Å². The summed E-state index contributed by atoms with van der Waals surface area (Å²) < 4.78 is 0. The van der Waals surface area contributed by atoms with Crippen LogP contribution in [0.3, 0.4) is 0 Å². The van der Waals surface area contributed by atoms with Crippen LogP contribution in [0.2, 0.25) is 0 Å². The average molecular weight is 297 g/mol. The lowest BCUT2D eigenvalue weighted by Crippen LogP contribution is -2.37. The van der Waals surface area contributed by atoms with Crippen LogP contribution in [0.25, 0.3) is 0 Å². The van der Waals surface area contributed by atoms with E-state index in [4.69, 9.17) is 0 Å². The molecule has 0 fully saturated rings. The van der Waals surface area contributed by atoms with Gasteiger partial charge in [-0.25, -0.2) is 0 Å². The molecule has 0 amide bonds. The van der Waals surface area contributed by atoms with Gasteiger partial charge in [0.05, 0.1) is 0 Å². The van der Waals surface area contributed by atoms with Crippen LogP contribution in [0.15, 0.2) is 60.7 Å². The zero-order valence-electron chi connectivity index (χ0n) is 13.2. The van der Waals surface area contributed by atoms with Gasteiger partial charge in [0.25, 0.3) is 0 Å². The van der Waals surface area contributed by atoms with Crippen LogP contribution < -0.4 is 0 Å². The summed E-state index contributed by atoms with van der Waals surface area (Å²) in [7, 11) is 3.95. The molecular formula is C19H23NO2. The quantitative estimate of drug-likeness (QED) is 0.854. The summed E-state index contributed by atoms with van der Waals surface area (Å²) in [5.74, 6) is -0.160. The molecule has 3 nitrogen and oxygen atoms in total. The highest BCUT2D eigenvalue weighted by Crippen LogP contribution is 2.31. The molecule has 0 radical (unpaired) electrons. The molecule has 0 bridgehead atoms. The van der Waals surface area contributed by atoms with Crippen molar-refractivity contribution in [1.82, 2.24) is 4.90 Å². The van der Waals surface area contributed by atoms with E-state index in [1.165, 1.54) is 0 Å². The molecule has 1 N–H and O–H groups in total. The molecule has 0 aliphatic carbocycles. The molecule has 0 unspecified atom stereocenters. The van der Waals surface area contributed by atoms with Gasteiger partial charge in [-0.2, -0.15) is 0 Å². The first-order valence-corrected chi connectivity index (χ1v) is 7.56. The van der Waals surface area contributed by atoms with E-state index in [0.717, 1.165) is 13.0 Å². The highest BCUT2D eigenvalue weighted by molar-refractivity contribution is 5.91. The molecule has 3 heteroatoms. The van der Waals surface area contributed by atoms with Gasteiger partial charge in [0.2, 0.25) is 0 Å². The zero-order valence-corrected chi connectivity index (χ0v) is 13.2. The SMILES string of the molecule is CN(C)CCCC(=O)C(O)(c1ccccc1)c1ccccc1. The molecule has 0 saturated carbocycles. The van der Waals surface area contributed by atoms with Crippen molar-refractivity contribution in [3.63, 3.8) is 0 Å². The Morgan fingerprint density at radius 1 is 0.955 bits per heavy atom. The van der Waals surface area contributed by atoms with Crippen molar-refractivity contribution < 1.29 is 9.90 Å². The number of hydrogen-bond acceptors (Lipinski definition) is 3. The average Bonchev–Trinajstić information content (AvgIpc) is 2.55. The predicted molar refractivity (Wildman–Crippen MR) is 88.7 cm³/mol. The Labute approximate surface area is 132 Å². The number of Topliss-reactive ketones (excluding diaryl/α,β-unsaturated/α-hetero) is 1. The summed E-state index contributed by atoms with van der Waals surface area (Å²) in [6, 6.07) is 18.3. The van der Waals surface area contributed by atoms with E-state index in [1.807, 2.05) is 55.4 Å². The minimum absolute atomic E-state index is 0.160. The Hall–Kier alpha value is -1.97. The second kappa shape index (κ2) is 7.34. The smallest absolute Gasteiger partial charge is 0.173 e. The fourth-order valence-electron chi connectivity index (χ4n) is 2.58. The van der Waals surface area contributed by atoms with Crippen molar-refractivity contribution in [2.75, 3.05) is 20.6 Å². The fourth-order valence-corrected chi connectivity index (χ4v) is 2.58. The summed E-state index contributed by atoms with van der Waals surface area (Å²) in [6.07, 6.45) is 1.08. The molecule has 2 aromatic rings. The van der Waals surface area contributed by atoms with E-state index >= 15 is 0 Å².